The zero-order valence-corrected chi connectivity index (χ0v) is 22.8. The molecule has 9 heteroatoms. The Labute approximate surface area is 216 Å². The Morgan fingerprint density at radius 2 is 1.79 bits per heavy atom. The highest BCUT2D eigenvalue weighted by atomic mass is 127. The number of benzene rings is 1. The molecule has 0 radical (unpaired) electrons. The lowest BCUT2D eigenvalue weighted by atomic mass is 10.2. The number of nitrogens with zero attached hydrogens (tertiary/aromatic N) is 3. The van der Waals surface area contributed by atoms with E-state index in [0.717, 1.165) is 95.9 Å². The van der Waals surface area contributed by atoms with Crippen molar-refractivity contribution in [2.24, 2.45) is 4.99 Å². The van der Waals surface area contributed by atoms with Crippen LogP contribution in [-0.4, -0.2) is 95.0 Å². The summed E-state index contributed by atoms with van der Waals surface area (Å²) < 4.78 is 16.2. The molecule has 2 N–H and O–H groups in total. The summed E-state index contributed by atoms with van der Waals surface area (Å²) in [5.41, 5.74) is 1.21. The first-order valence-corrected chi connectivity index (χ1v) is 12.0. The Morgan fingerprint density at radius 3 is 2.45 bits per heavy atom. The molecule has 1 unspecified atom stereocenters. The minimum atomic E-state index is 0. The van der Waals surface area contributed by atoms with Gasteiger partial charge in [0.05, 0.1) is 27.4 Å². The van der Waals surface area contributed by atoms with E-state index in [2.05, 4.69) is 39.5 Å². The molecule has 0 spiro atoms. The van der Waals surface area contributed by atoms with Crippen LogP contribution in [0.4, 0.5) is 0 Å². The van der Waals surface area contributed by atoms with Crippen molar-refractivity contribution in [3.8, 4) is 11.5 Å². The monoisotopic (exact) mass is 575 g/mol. The molecule has 0 aliphatic carbocycles. The van der Waals surface area contributed by atoms with Crippen molar-refractivity contribution in [1.82, 2.24) is 20.4 Å². The van der Waals surface area contributed by atoms with Gasteiger partial charge in [-0.25, -0.2) is 0 Å². The van der Waals surface area contributed by atoms with Crippen molar-refractivity contribution in [2.45, 2.75) is 38.8 Å². The predicted molar refractivity (Wildman–Crippen MR) is 144 cm³/mol. The Kier molecular flexibility index (Phi) is 13.2. The van der Waals surface area contributed by atoms with E-state index in [1.54, 1.807) is 14.2 Å². The molecular formula is C24H42IN5O3. The molecule has 2 aliphatic rings. The van der Waals surface area contributed by atoms with Crippen LogP contribution in [-0.2, 0) is 11.3 Å². The molecule has 0 saturated carbocycles. The topological polar surface area (TPSA) is 70.6 Å². The van der Waals surface area contributed by atoms with Gasteiger partial charge in [0.2, 0.25) is 0 Å². The summed E-state index contributed by atoms with van der Waals surface area (Å²) in [7, 11) is 3.39. The number of nitrogens with one attached hydrogen (secondary N) is 2. The number of hydrogen-bond acceptors (Lipinski definition) is 6. The van der Waals surface area contributed by atoms with Crippen molar-refractivity contribution in [1.29, 1.82) is 0 Å². The average molecular weight is 576 g/mol. The van der Waals surface area contributed by atoms with E-state index in [9.17, 15) is 0 Å². The summed E-state index contributed by atoms with van der Waals surface area (Å²) >= 11 is 0. The minimum absolute atomic E-state index is 0. The van der Waals surface area contributed by atoms with Crippen LogP contribution in [0.5, 0.6) is 11.5 Å². The van der Waals surface area contributed by atoms with E-state index in [1.165, 1.54) is 12.0 Å². The number of methoxy groups -OCH3 is 2. The summed E-state index contributed by atoms with van der Waals surface area (Å²) in [4.78, 5) is 9.77. The Hall–Kier alpha value is -1.30. The normalized spacial score (nSPS) is 19.7. The van der Waals surface area contributed by atoms with Crippen molar-refractivity contribution < 1.29 is 14.2 Å². The second-order valence-corrected chi connectivity index (χ2v) is 8.51. The van der Waals surface area contributed by atoms with Gasteiger partial charge in [-0.2, -0.15) is 0 Å². The van der Waals surface area contributed by atoms with Crippen LogP contribution in [0.1, 0.15) is 31.7 Å². The van der Waals surface area contributed by atoms with E-state index in [4.69, 9.17) is 19.2 Å². The van der Waals surface area contributed by atoms with Crippen LogP contribution in [0.25, 0.3) is 0 Å². The van der Waals surface area contributed by atoms with Gasteiger partial charge in [0, 0.05) is 57.9 Å². The summed E-state index contributed by atoms with van der Waals surface area (Å²) in [6.45, 7) is 11.8. The highest BCUT2D eigenvalue weighted by Crippen LogP contribution is 2.24. The van der Waals surface area contributed by atoms with E-state index in [-0.39, 0.29) is 24.0 Å². The Morgan fingerprint density at radius 1 is 1.06 bits per heavy atom. The van der Waals surface area contributed by atoms with Gasteiger partial charge in [-0.05, 0) is 50.4 Å². The third kappa shape index (κ3) is 9.84. The molecule has 1 atom stereocenters. The maximum absolute atomic E-state index is 5.42. The number of halogens is 1. The van der Waals surface area contributed by atoms with Gasteiger partial charge in [0.25, 0.3) is 0 Å². The lowest BCUT2D eigenvalue weighted by Gasteiger charge is -2.26. The lowest BCUT2D eigenvalue weighted by molar-refractivity contribution is 0.0373. The average Bonchev–Trinajstić information content (AvgIpc) is 3.25. The fourth-order valence-corrected chi connectivity index (χ4v) is 4.29. The van der Waals surface area contributed by atoms with Crippen LogP contribution in [0.15, 0.2) is 23.2 Å². The first kappa shape index (κ1) is 27.9. The van der Waals surface area contributed by atoms with E-state index < -0.39 is 0 Å². The number of morpholine rings is 1. The van der Waals surface area contributed by atoms with E-state index >= 15 is 0 Å². The van der Waals surface area contributed by atoms with Gasteiger partial charge in [0.1, 0.15) is 11.5 Å². The fourth-order valence-electron chi connectivity index (χ4n) is 4.29. The van der Waals surface area contributed by atoms with Gasteiger partial charge in [0.15, 0.2) is 5.96 Å². The second-order valence-electron chi connectivity index (χ2n) is 8.51. The van der Waals surface area contributed by atoms with Crippen molar-refractivity contribution in [3.05, 3.63) is 23.8 Å². The molecule has 0 bridgehead atoms. The van der Waals surface area contributed by atoms with Crippen molar-refractivity contribution in [3.63, 3.8) is 0 Å². The standard InChI is InChI=1S/C24H41N5O3.HI/c1-4-25-24(26-8-5-6-9-28-11-13-32-14-12-28)27-21-7-10-29(19-21)18-20-15-22(30-2)17-23(16-20)31-3;/h15-17,21H,4-14,18-19H2,1-3H3,(H2,25,26,27);1H. The van der Waals surface area contributed by atoms with Gasteiger partial charge >= 0.3 is 0 Å². The van der Waals surface area contributed by atoms with Crippen LogP contribution >= 0.6 is 24.0 Å². The third-order valence-electron chi connectivity index (χ3n) is 6.03. The molecule has 2 heterocycles. The molecule has 3 rings (SSSR count). The third-order valence-corrected chi connectivity index (χ3v) is 6.03. The van der Waals surface area contributed by atoms with E-state index in [1.807, 2.05) is 6.07 Å². The second kappa shape index (κ2) is 15.6. The molecule has 0 aromatic heterocycles. The number of likely N-dealkylation sites (tertiary alicyclic amines) is 1. The first-order valence-electron chi connectivity index (χ1n) is 12.0. The van der Waals surface area contributed by atoms with Crippen molar-refractivity contribution in [2.75, 3.05) is 73.2 Å². The van der Waals surface area contributed by atoms with Crippen LogP contribution in [0, 0.1) is 0 Å². The van der Waals surface area contributed by atoms with Gasteiger partial charge < -0.3 is 24.8 Å². The molecule has 2 saturated heterocycles. The molecule has 8 nitrogen and oxygen atoms in total. The van der Waals surface area contributed by atoms with E-state index in [0.29, 0.717) is 6.04 Å². The number of unbranched alkanes of at least 4 members (excludes halogenated alkanes) is 1. The minimum Gasteiger partial charge on any atom is -0.497 e. The largest absolute Gasteiger partial charge is 0.497 e. The molecule has 2 fully saturated rings. The smallest absolute Gasteiger partial charge is 0.191 e. The van der Waals surface area contributed by atoms with Crippen molar-refractivity contribution >= 4 is 29.9 Å². The van der Waals surface area contributed by atoms with Gasteiger partial charge in [-0.15, -0.1) is 24.0 Å². The predicted octanol–water partition coefficient (Wildman–Crippen LogP) is 2.56. The van der Waals surface area contributed by atoms with Crippen LogP contribution in [0.2, 0.25) is 0 Å². The number of aliphatic imine (C=N–C) groups is 1. The number of rotatable bonds is 11. The van der Waals surface area contributed by atoms with Crippen LogP contribution in [0.3, 0.4) is 0 Å². The first-order chi connectivity index (χ1) is 15.7. The molecule has 0 amide bonds. The zero-order valence-electron chi connectivity index (χ0n) is 20.5. The maximum atomic E-state index is 5.42. The molecule has 1 aromatic rings. The summed E-state index contributed by atoms with van der Waals surface area (Å²) in [5.74, 6) is 2.61. The Balaban J connectivity index is 0.00000385. The quantitative estimate of drug-likeness (QED) is 0.182. The van der Waals surface area contributed by atoms with Gasteiger partial charge in [-0.3, -0.25) is 14.8 Å². The Bertz CT molecular complexity index is 693. The number of hydrogen-bond donors (Lipinski definition) is 2. The number of guanidine groups is 1. The summed E-state index contributed by atoms with van der Waals surface area (Å²) in [6.07, 6.45) is 3.41. The molecule has 2 aliphatic heterocycles. The maximum Gasteiger partial charge on any atom is 0.191 e. The summed E-state index contributed by atoms with van der Waals surface area (Å²) in [5, 5.41) is 7.04. The molecule has 33 heavy (non-hydrogen) atoms. The van der Waals surface area contributed by atoms with Gasteiger partial charge in [-0.1, -0.05) is 0 Å². The zero-order chi connectivity index (χ0) is 22.6. The van der Waals surface area contributed by atoms with Crippen LogP contribution < -0.4 is 20.1 Å². The molecular weight excluding hydrogens is 533 g/mol. The lowest BCUT2D eigenvalue weighted by Crippen LogP contribution is -2.44. The summed E-state index contributed by atoms with van der Waals surface area (Å²) in [6, 6.07) is 6.50. The highest BCUT2D eigenvalue weighted by molar-refractivity contribution is 14.0. The molecule has 1 aromatic carbocycles. The highest BCUT2D eigenvalue weighted by Gasteiger charge is 2.23. The number of ether oxygens (including phenoxy) is 3. The molecule has 188 valence electrons. The SMILES string of the molecule is CCNC(=NCCCCN1CCOCC1)NC1CCN(Cc2cc(OC)cc(OC)c2)C1.I. The fraction of sp³-hybridized carbons (Fsp3) is 0.708.